The summed E-state index contributed by atoms with van der Waals surface area (Å²) in [6.07, 6.45) is 3.46. The van der Waals surface area contributed by atoms with Crippen LogP contribution in [0.3, 0.4) is 0 Å². The number of nitrogens with zero attached hydrogens (tertiary/aromatic N) is 1. The van der Waals surface area contributed by atoms with Crippen molar-refractivity contribution in [3.63, 3.8) is 0 Å². The van der Waals surface area contributed by atoms with Crippen molar-refractivity contribution >= 4 is 34.8 Å². The van der Waals surface area contributed by atoms with Gasteiger partial charge in [0.05, 0.1) is 16.2 Å². The number of hydrogen-bond acceptors (Lipinski definition) is 4. The maximum Gasteiger partial charge on any atom is 0.343 e. The highest BCUT2D eigenvalue weighted by molar-refractivity contribution is 6.50. The first-order valence-electron chi connectivity index (χ1n) is 9.50. The standard InChI is InChI=1S/C25H21ClNO4/c1-27(2)16-15-22(26)21-14-13-20(30-24(28)18-9-5-3-6-10-18)17-23(21)31-25(29)19-11-7-4-8-12-19/h3-17H,1-2H3/q+1/b22-15-. The monoisotopic (exact) mass is 434 g/mol. The van der Waals surface area contributed by atoms with Crippen molar-refractivity contribution in [3.8, 4) is 11.5 Å². The number of allylic oxidation sites excluding steroid dienone is 1. The van der Waals surface area contributed by atoms with Crippen LogP contribution in [0.2, 0.25) is 0 Å². The molecule has 3 aromatic carbocycles. The fraction of sp³-hybridized carbons (Fsp3) is 0.0800. The van der Waals surface area contributed by atoms with Crippen LogP contribution >= 0.6 is 11.6 Å². The Balaban J connectivity index is 1.93. The lowest BCUT2D eigenvalue weighted by atomic mass is 10.1. The van der Waals surface area contributed by atoms with Gasteiger partial charge in [0.1, 0.15) is 25.6 Å². The van der Waals surface area contributed by atoms with Gasteiger partial charge in [-0.05, 0) is 36.4 Å². The van der Waals surface area contributed by atoms with E-state index in [1.807, 2.05) is 30.8 Å². The van der Waals surface area contributed by atoms with E-state index < -0.39 is 11.9 Å². The number of carbonyl (C=O) groups is 2. The molecule has 156 valence electrons. The average molecular weight is 435 g/mol. The second-order valence-corrected chi connectivity index (χ2v) is 7.20. The third kappa shape index (κ3) is 6.14. The lowest BCUT2D eigenvalue weighted by Crippen LogP contribution is -2.11. The molecule has 0 aliphatic heterocycles. The normalized spacial score (nSPS) is 10.9. The number of benzene rings is 3. The summed E-state index contributed by atoms with van der Waals surface area (Å²) in [5.41, 5.74) is 1.29. The minimum atomic E-state index is -0.547. The summed E-state index contributed by atoms with van der Waals surface area (Å²) >= 11 is 6.44. The molecule has 31 heavy (non-hydrogen) atoms. The van der Waals surface area contributed by atoms with Crippen molar-refractivity contribution in [1.29, 1.82) is 0 Å². The SMILES string of the molecule is C[N+](C)=C/C=C(\Cl)c1ccc(OC(=O)c2ccccc2)cc1OC(=O)c1ccccc1. The van der Waals surface area contributed by atoms with Crippen molar-refractivity contribution in [1.82, 2.24) is 0 Å². The zero-order valence-corrected chi connectivity index (χ0v) is 17.9. The van der Waals surface area contributed by atoms with Crippen LogP contribution in [0.25, 0.3) is 5.03 Å². The summed E-state index contributed by atoms with van der Waals surface area (Å²) < 4.78 is 12.9. The quantitative estimate of drug-likeness (QED) is 0.236. The smallest absolute Gasteiger partial charge is 0.343 e. The molecule has 0 N–H and O–H groups in total. The molecule has 0 saturated carbocycles. The molecule has 0 aliphatic rings. The first-order valence-corrected chi connectivity index (χ1v) is 9.88. The van der Waals surface area contributed by atoms with E-state index in [9.17, 15) is 9.59 Å². The summed E-state index contributed by atoms with van der Waals surface area (Å²) in [6.45, 7) is 0. The van der Waals surface area contributed by atoms with Crippen LogP contribution in [0.1, 0.15) is 26.3 Å². The van der Waals surface area contributed by atoms with Gasteiger partial charge in [0.15, 0.2) is 6.21 Å². The summed E-state index contributed by atoms with van der Waals surface area (Å²) in [6, 6.07) is 21.9. The van der Waals surface area contributed by atoms with Gasteiger partial charge in [0.25, 0.3) is 0 Å². The van der Waals surface area contributed by atoms with Crippen LogP contribution in [0.5, 0.6) is 11.5 Å². The fourth-order valence-electron chi connectivity index (χ4n) is 2.63. The van der Waals surface area contributed by atoms with Crippen molar-refractivity contribution < 1.29 is 23.6 Å². The van der Waals surface area contributed by atoms with Crippen LogP contribution in [0, 0.1) is 0 Å². The van der Waals surface area contributed by atoms with Crippen LogP contribution in [-0.4, -0.2) is 36.8 Å². The van der Waals surface area contributed by atoms with E-state index in [2.05, 4.69) is 0 Å². The highest BCUT2D eigenvalue weighted by Crippen LogP contribution is 2.33. The minimum Gasteiger partial charge on any atom is -0.423 e. The van der Waals surface area contributed by atoms with Gasteiger partial charge in [-0.2, -0.15) is 0 Å². The zero-order chi connectivity index (χ0) is 22.2. The van der Waals surface area contributed by atoms with Crippen LogP contribution in [0.15, 0.2) is 84.9 Å². The molecule has 0 amide bonds. The summed E-state index contributed by atoms with van der Waals surface area (Å²) in [4.78, 5) is 25.0. The highest BCUT2D eigenvalue weighted by atomic mass is 35.5. The number of esters is 2. The number of hydrogen-bond donors (Lipinski definition) is 0. The van der Waals surface area contributed by atoms with E-state index in [1.165, 1.54) is 6.07 Å². The van der Waals surface area contributed by atoms with Gasteiger partial charge in [0, 0.05) is 17.7 Å². The van der Waals surface area contributed by atoms with Gasteiger partial charge in [-0.15, -0.1) is 0 Å². The molecule has 0 bridgehead atoms. The maximum atomic E-state index is 12.6. The lowest BCUT2D eigenvalue weighted by Gasteiger charge is -2.12. The molecule has 0 spiro atoms. The van der Waals surface area contributed by atoms with E-state index in [0.29, 0.717) is 21.7 Å². The third-order valence-corrected chi connectivity index (χ3v) is 4.49. The number of halogens is 1. The molecule has 0 fully saturated rings. The van der Waals surface area contributed by atoms with Crippen LogP contribution in [0.4, 0.5) is 0 Å². The molecule has 0 saturated heterocycles. The van der Waals surface area contributed by atoms with E-state index >= 15 is 0 Å². The Bertz CT molecular complexity index is 1130. The van der Waals surface area contributed by atoms with Crippen molar-refractivity contribution in [3.05, 3.63) is 102 Å². The Morgan fingerprint density at radius 1 is 0.806 bits per heavy atom. The maximum absolute atomic E-state index is 12.6. The van der Waals surface area contributed by atoms with Crippen molar-refractivity contribution in [2.75, 3.05) is 14.1 Å². The lowest BCUT2D eigenvalue weighted by molar-refractivity contribution is -0.458. The number of carbonyl (C=O) groups excluding carboxylic acids is 2. The van der Waals surface area contributed by atoms with Crippen molar-refractivity contribution in [2.24, 2.45) is 0 Å². The van der Waals surface area contributed by atoms with Crippen molar-refractivity contribution in [2.45, 2.75) is 0 Å². The van der Waals surface area contributed by atoms with E-state index in [4.69, 9.17) is 21.1 Å². The Morgan fingerprint density at radius 2 is 1.35 bits per heavy atom. The predicted octanol–water partition coefficient (Wildman–Crippen LogP) is 5.05. The topological polar surface area (TPSA) is 55.6 Å². The Morgan fingerprint density at radius 3 is 1.90 bits per heavy atom. The third-order valence-electron chi connectivity index (χ3n) is 4.16. The van der Waals surface area contributed by atoms with Gasteiger partial charge in [-0.1, -0.05) is 48.0 Å². The molecule has 6 heteroatoms. The molecule has 0 aromatic heterocycles. The summed E-state index contributed by atoms with van der Waals surface area (Å²) in [5.74, 6) is -0.652. The first-order chi connectivity index (χ1) is 14.9. The molecule has 0 radical (unpaired) electrons. The molecular weight excluding hydrogens is 414 g/mol. The van der Waals surface area contributed by atoms with E-state index in [1.54, 1.807) is 73.0 Å². The zero-order valence-electron chi connectivity index (χ0n) is 17.1. The molecule has 3 aromatic rings. The Kier molecular flexibility index (Phi) is 7.35. The predicted molar refractivity (Wildman–Crippen MR) is 121 cm³/mol. The second kappa shape index (κ2) is 10.4. The molecule has 0 aliphatic carbocycles. The van der Waals surface area contributed by atoms with Gasteiger partial charge >= 0.3 is 11.9 Å². The second-order valence-electron chi connectivity index (χ2n) is 6.80. The first kappa shape index (κ1) is 22.0. The van der Waals surface area contributed by atoms with Gasteiger partial charge in [0.2, 0.25) is 0 Å². The van der Waals surface area contributed by atoms with Crippen LogP contribution < -0.4 is 9.47 Å². The fourth-order valence-corrected chi connectivity index (χ4v) is 2.84. The largest absolute Gasteiger partial charge is 0.423 e. The summed E-state index contributed by atoms with van der Waals surface area (Å²) in [7, 11) is 3.73. The van der Waals surface area contributed by atoms with Gasteiger partial charge < -0.3 is 9.47 Å². The van der Waals surface area contributed by atoms with Gasteiger partial charge in [-0.3, -0.25) is 0 Å². The Labute approximate surface area is 185 Å². The van der Waals surface area contributed by atoms with E-state index in [0.717, 1.165) is 0 Å². The molecule has 0 heterocycles. The van der Waals surface area contributed by atoms with Crippen LogP contribution in [-0.2, 0) is 0 Å². The molecule has 0 unspecified atom stereocenters. The number of rotatable bonds is 6. The van der Waals surface area contributed by atoms with E-state index in [-0.39, 0.29) is 11.5 Å². The summed E-state index contributed by atoms with van der Waals surface area (Å²) in [5, 5.41) is 0.366. The average Bonchev–Trinajstić information content (AvgIpc) is 2.78. The minimum absolute atomic E-state index is 0.181. The highest BCUT2D eigenvalue weighted by Gasteiger charge is 2.16. The molecule has 5 nitrogen and oxygen atoms in total. The Hall–Kier alpha value is -3.70. The molecule has 3 rings (SSSR count). The van der Waals surface area contributed by atoms with Gasteiger partial charge in [-0.25, -0.2) is 14.2 Å². The molecular formula is C25H21ClNO4+. The number of ether oxygens (including phenoxy) is 2. The molecule has 0 atom stereocenters.